The smallest absolute Gasteiger partial charge is 0.294 e. The first kappa shape index (κ1) is 22.5. The summed E-state index contributed by atoms with van der Waals surface area (Å²) >= 11 is 6.80. The molecule has 1 aliphatic heterocycles. The second kappa shape index (κ2) is 9.76. The third kappa shape index (κ3) is 5.31. The van der Waals surface area contributed by atoms with Crippen molar-refractivity contribution < 1.29 is 28.6 Å². The van der Waals surface area contributed by atoms with Gasteiger partial charge in [-0.05, 0) is 53.7 Å². The summed E-state index contributed by atoms with van der Waals surface area (Å²) in [7, 11) is 4.51. The van der Waals surface area contributed by atoms with E-state index in [1.165, 1.54) is 27.4 Å². The zero-order valence-electron chi connectivity index (χ0n) is 16.9. The molecule has 0 spiro atoms. The number of nitrogens with one attached hydrogen (secondary N) is 1. The fourth-order valence-corrected chi connectivity index (χ4v) is 3.88. The van der Waals surface area contributed by atoms with Crippen molar-refractivity contribution in [3.8, 4) is 17.2 Å². The minimum absolute atomic E-state index is 0.195. The standard InChI is InChI=1S/C21H19ClN2O6S/c1-28-14-6-12(7-15(10-14)29-2)8-18-20(26)24(21(27)31-18)11-19(25)23-13-4-5-17(30-3)16(22)9-13/h4-10H,11H2,1-3H3,(H,23,25). The SMILES string of the molecule is COc1cc(C=C2SC(=O)N(CC(=O)Nc3ccc(OC)c(Cl)c3)C2=O)cc(OC)c1. The molecular weight excluding hydrogens is 444 g/mol. The summed E-state index contributed by atoms with van der Waals surface area (Å²) in [6.07, 6.45) is 1.55. The van der Waals surface area contributed by atoms with Crippen molar-refractivity contribution >= 4 is 52.2 Å². The molecule has 31 heavy (non-hydrogen) atoms. The second-order valence-electron chi connectivity index (χ2n) is 6.31. The van der Waals surface area contributed by atoms with E-state index in [9.17, 15) is 14.4 Å². The summed E-state index contributed by atoms with van der Waals surface area (Å²) < 4.78 is 15.5. The van der Waals surface area contributed by atoms with Gasteiger partial charge in [-0.15, -0.1) is 0 Å². The van der Waals surface area contributed by atoms with Gasteiger partial charge in [0, 0.05) is 11.8 Å². The number of nitrogens with zero attached hydrogens (tertiary/aromatic N) is 1. The Labute approximate surface area is 188 Å². The number of hydrogen-bond acceptors (Lipinski definition) is 7. The van der Waals surface area contributed by atoms with Crippen LogP contribution in [0, 0.1) is 0 Å². The first-order valence-corrected chi connectivity index (χ1v) is 10.2. The molecule has 10 heteroatoms. The maximum atomic E-state index is 12.7. The van der Waals surface area contributed by atoms with Crippen molar-refractivity contribution in [2.45, 2.75) is 0 Å². The molecule has 1 fully saturated rings. The number of carbonyl (C=O) groups is 3. The average molecular weight is 463 g/mol. The van der Waals surface area contributed by atoms with Gasteiger partial charge in [-0.25, -0.2) is 0 Å². The number of amides is 3. The molecule has 1 heterocycles. The van der Waals surface area contributed by atoms with E-state index in [1.807, 2.05) is 0 Å². The van der Waals surface area contributed by atoms with Crippen LogP contribution in [0.2, 0.25) is 5.02 Å². The van der Waals surface area contributed by atoms with Gasteiger partial charge < -0.3 is 19.5 Å². The summed E-state index contributed by atoms with van der Waals surface area (Å²) in [5.74, 6) is 0.460. The molecule has 1 aliphatic rings. The van der Waals surface area contributed by atoms with Gasteiger partial charge in [0.05, 0.1) is 31.3 Å². The van der Waals surface area contributed by atoms with E-state index >= 15 is 0 Å². The van der Waals surface area contributed by atoms with Crippen LogP contribution in [0.5, 0.6) is 17.2 Å². The number of anilines is 1. The zero-order valence-corrected chi connectivity index (χ0v) is 18.5. The number of methoxy groups -OCH3 is 3. The summed E-state index contributed by atoms with van der Waals surface area (Å²) in [5, 5.41) is 2.40. The minimum Gasteiger partial charge on any atom is -0.497 e. The molecule has 1 saturated heterocycles. The number of imide groups is 1. The van der Waals surface area contributed by atoms with E-state index in [1.54, 1.807) is 36.4 Å². The number of hydrogen-bond donors (Lipinski definition) is 1. The molecule has 0 atom stereocenters. The molecule has 0 radical (unpaired) electrons. The predicted molar refractivity (Wildman–Crippen MR) is 119 cm³/mol. The van der Waals surface area contributed by atoms with E-state index in [2.05, 4.69) is 5.32 Å². The zero-order chi connectivity index (χ0) is 22.5. The molecule has 2 aromatic rings. The summed E-state index contributed by atoms with van der Waals surface area (Å²) in [4.78, 5) is 38.5. The molecule has 3 rings (SSSR count). The molecule has 2 aromatic carbocycles. The second-order valence-corrected chi connectivity index (χ2v) is 7.71. The van der Waals surface area contributed by atoms with E-state index in [0.29, 0.717) is 33.5 Å². The van der Waals surface area contributed by atoms with Crippen LogP contribution < -0.4 is 19.5 Å². The van der Waals surface area contributed by atoms with E-state index in [4.69, 9.17) is 25.8 Å². The number of rotatable bonds is 7. The Bertz CT molecular complexity index is 1050. The minimum atomic E-state index is -0.556. The summed E-state index contributed by atoms with van der Waals surface area (Å²) in [6, 6.07) is 9.82. The van der Waals surface area contributed by atoms with Crippen LogP contribution in [0.4, 0.5) is 10.5 Å². The lowest BCUT2D eigenvalue weighted by Crippen LogP contribution is -2.36. The van der Waals surface area contributed by atoms with Crippen LogP contribution in [0.25, 0.3) is 6.08 Å². The number of carbonyl (C=O) groups excluding carboxylic acids is 3. The molecule has 0 bridgehead atoms. The van der Waals surface area contributed by atoms with Crippen molar-refractivity contribution in [1.82, 2.24) is 4.90 Å². The Balaban J connectivity index is 1.72. The lowest BCUT2D eigenvalue weighted by Gasteiger charge is -2.13. The third-order valence-corrected chi connectivity index (χ3v) is 5.49. The normalized spacial score (nSPS) is 14.7. The van der Waals surface area contributed by atoms with Gasteiger partial charge in [0.2, 0.25) is 5.91 Å². The Morgan fingerprint density at radius 2 is 1.74 bits per heavy atom. The van der Waals surface area contributed by atoms with Crippen molar-refractivity contribution in [2.75, 3.05) is 33.2 Å². The molecular formula is C21H19ClN2O6S. The highest BCUT2D eigenvalue weighted by atomic mass is 35.5. The molecule has 8 nitrogen and oxygen atoms in total. The maximum absolute atomic E-state index is 12.7. The monoisotopic (exact) mass is 462 g/mol. The van der Waals surface area contributed by atoms with Gasteiger partial charge in [-0.1, -0.05) is 11.6 Å². The molecule has 3 amide bonds. The van der Waals surface area contributed by atoms with Crippen LogP contribution in [-0.4, -0.2) is 49.8 Å². The highest BCUT2D eigenvalue weighted by Gasteiger charge is 2.36. The third-order valence-electron chi connectivity index (χ3n) is 4.28. The Kier molecular flexibility index (Phi) is 7.09. The lowest BCUT2D eigenvalue weighted by atomic mass is 10.2. The van der Waals surface area contributed by atoms with E-state index in [0.717, 1.165) is 16.7 Å². The van der Waals surface area contributed by atoms with Gasteiger partial charge in [0.25, 0.3) is 11.1 Å². The summed E-state index contributed by atoms with van der Waals surface area (Å²) in [5.41, 5.74) is 1.04. The quantitative estimate of drug-likeness (QED) is 0.620. The first-order valence-electron chi connectivity index (χ1n) is 8.96. The van der Waals surface area contributed by atoms with Gasteiger partial charge in [0.1, 0.15) is 23.8 Å². The highest BCUT2D eigenvalue weighted by molar-refractivity contribution is 8.18. The maximum Gasteiger partial charge on any atom is 0.294 e. The van der Waals surface area contributed by atoms with Crippen LogP contribution in [0.15, 0.2) is 41.3 Å². The van der Waals surface area contributed by atoms with Gasteiger partial charge in [-0.3, -0.25) is 19.3 Å². The molecule has 0 aromatic heterocycles. The van der Waals surface area contributed by atoms with Crippen molar-refractivity contribution in [2.24, 2.45) is 0 Å². The fourth-order valence-electron chi connectivity index (χ4n) is 2.79. The molecule has 162 valence electrons. The van der Waals surface area contributed by atoms with Crippen molar-refractivity contribution in [1.29, 1.82) is 0 Å². The molecule has 0 unspecified atom stereocenters. The number of thioether (sulfide) groups is 1. The van der Waals surface area contributed by atoms with Gasteiger partial charge in [-0.2, -0.15) is 0 Å². The molecule has 0 aliphatic carbocycles. The fraction of sp³-hybridized carbons (Fsp3) is 0.190. The van der Waals surface area contributed by atoms with E-state index < -0.39 is 23.6 Å². The highest BCUT2D eigenvalue weighted by Crippen LogP contribution is 2.34. The summed E-state index contributed by atoms with van der Waals surface area (Å²) in [6.45, 7) is -0.424. The van der Waals surface area contributed by atoms with Crippen LogP contribution in [0.3, 0.4) is 0 Å². The number of ether oxygens (including phenoxy) is 3. The molecule has 1 N–H and O–H groups in total. The number of halogens is 1. The van der Waals surface area contributed by atoms with Crippen molar-refractivity contribution in [3.63, 3.8) is 0 Å². The first-order chi connectivity index (χ1) is 14.8. The van der Waals surface area contributed by atoms with Crippen molar-refractivity contribution in [3.05, 3.63) is 51.9 Å². The predicted octanol–water partition coefficient (Wildman–Crippen LogP) is 4.04. The topological polar surface area (TPSA) is 94.2 Å². The van der Waals surface area contributed by atoms with Gasteiger partial charge in [0.15, 0.2) is 0 Å². The Morgan fingerprint density at radius 3 is 2.32 bits per heavy atom. The Hall–Kier alpha value is -3.17. The average Bonchev–Trinajstić information content (AvgIpc) is 3.00. The Morgan fingerprint density at radius 1 is 1.06 bits per heavy atom. The van der Waals surface area contributed by atoms with Crippen LogP contribution >= 0.6 is 23.4 Å². The molecule has 0 saturated carbocycles. The van der Waals surface area contributed by atoms with Crippen LogP contribution in [0.1, 0.15) is 5.56 Å². The largest absolute Gasteiger partial charge is 0.497 e. The lowest BCUT2D eigenvalue weighted by molar-refractivity contribution is -0.127. The van der Waals surface area contributed by atoms with Gasteiger partial charge >= 0.3 is 0 Å². The number of benzene rings is 2. The van der Waals surface area contributed by atoms with E-state index in [-0.39, 0.29) is 4.91 Å². The van der Waals surface area contributed by atoms with Crippen LogP contribution in [-0.2, 0) is 9.59 Å².